The Morgan fingerprint density at radius 1 is 1.14 bits per heavy atom. The van der Waals surface area contributed by atoms with E-state index in [1.807, 2.05) is 0 Å². The number of ether oxygens (including phenoxy) is 1. The van der Waals surface area contributed by atoms with Gasteiger partial charge in [0.2, 0.25) is 0 Å². The summed E-state index contributed by atoms with van der Waals surface area (Å²) in [7, 11) is 0. The molecular formula is C19H32N2O. The molecule has 0 aromatic heterocycles. The first-order chi connectivity index (χ1) is 10.7. The van der Waals surface area contributed by atoms with Crippen LogP contribution in [0.2, 0.25) is 0 Å². The maximum Gasteiger partial charge on any atom is 0.142 e. The van der Waals surface area contributed by atoms with Crippen LogP contribution in [0.5, 0.6) is 5.75 Å². The average Bonchev–Trinajstić information content (AvgIpc) is 2.54. The molecule has 0 fully saturated rings. The fraction of sp³-hybridized carbons (Fsp3) is 0.684. The fourth-order valence-corrected chi connectivity index (χ4v) is 2.87. The number of unbranched alkanes of at least 4 members (excludes halogenated alkanes) is 2. The van der Waals surface area contributed by atoms with Gasteiger partial charge in [0.1, 0.15) is 11.9 Å². The van der Waals surface area contributed by atoms with Crippen LogP contribution in [0.1, 0.15) is 52.0 Å². The van der Waals surface area contributed by atoms with Gasteiger partial charge in [0, 0.05) is 6.54 Å². The van der Waals surface area contributed by atoms with E-state index >= 15 is 0 Å². The molecule has 1 aliphatic rings. The second-order valence-corrected chi connectivity index (χ2v) is 6.44. The van der Waals surface area contributed by atoms with Crippen molar-refractivity contribution in [3.05, 3.63) is 23.8 Å². The minimum absolute atomic E-state index is 0.261. The molecule has 0 spiro atoms. The fourth-order valence-electron chi connectivity index (χ4n) is 2.87. The molecule has 1 unspecified atom stereocenters. The van der Waals surface area contributed by atoms with E-state index in [2.05, 4.69) is 49.2 Å². The van der Waals surface area contributed by atoms with Crippen LogP contribution in [0.15, 0.2) is 18.2 Å². The highest BCUT2D eigenvalue weighted by molar-refractivity contribution is 5.59. The van der Waals surface area contributed by atoms with Crippen LogP contribution in [0, 0.1) is 0 Å². The van der Waals surface area contributed by atoms with Crippen LogP contribution in [0.25, 0.3) is 0 Å². The van der Waals surface area contributed by atoms with Crippen LogP contribution in [-0.2, 0) is 6.42 Å². The zero-order valence-corrected chi connectivity index (χ0v) is 14.5. The Kier molecular flexibility index (Phi) is 7.04. The summed E-state index contributed by atoms with van der Waals surface area (Å²) in [5, 5.41) is 3.47. The Balaban J connectivity index is 1.88. The summed E-state index contributed by atoms with van der Waals surface area (Å²) >= 11 is 0. The van der Waals surface area contributed by atoms with Crippen molar-refractivity contribution in [2.45, 2.75) is 59.0 Å². The molecule has 1 N–H and O–H groups in total. The lowest BCUT2D eigenvalue weighted by Crippen LogP contribution is -2.29. The van der Waals surface area contributed by atoms with Crippen molar-refractivity contribution < 1.29 is 4.74 Å². The van der Waals surface area contributed by atoms with E-state index in [0.717, 1.165) is 30.9 Å². The molecule has 0 bridgehead atoms. The second kappa shape index (κ2) is 9.04. The molecule has 0 saturated carbocycles. The third kappa shape index (κ3) is 5.20. The Hall–Kier alpha value is -1.22. The maximum atomic E-state index is 5.85. The van der Waals surface area contributed by atoms with Gasteiger partial charge >= 0.3 is 0 Å². The minimum Gasteiger partial charge on any atom is -0.487 e. The lowest BCUT2D eigenvalue weighted by molar-refractivity contribution is 0.226. The molecule has 1 aromatic rings. The van der Waals surface area contributed by atoms with Gasteiger partial charge in [-0.05, 0) is 57.0 Å². The van der Waals surface area contributed by atoms with E-state index in [0.29, 0.717) is 0 Å². The Morgan fingerprint density at radius 3 is 2.55 bits per heavy atom. The van der Waals surface area contributed by atoms with Crippen LogP contribution < -0.4 is 10.1 Å². The van der Waals surface area contributed by atoms with Crippen molar-refractivity contribution >= 4 is 5.69 Å². The quantitative estimate of drug-likeness (QED) is 0.735. The lowest BCUT2D eigenvalue weighted by atomic mass is 10.1. The van der Waals surface area contributed by atoms with Gasteiger partial charge < -0.3 is 15.0 Å². The van der Waals surface area contributed by atoms with Gasteiger partial charge in [-0.2, -0.15) is 0 Å². The van der Waals surface area contributed by atoms with Gasteiger partial charge in [0.05, 0.1) is 12.2 Å². The summed E-state index contributed by atoms with van der Waals surface area (Å²) < 4.78 is 5.85. The van der Waals surface area contributed by atoms with Gasteiger partial charge in [-0.25, -0.2) is 0 Å². The van der Waals surface area contributed by atoms with Gasteiger partial charge in [-0.15, -0.1) is 0 Å². The predicted octanol–water partition coefficient (Wildman–Crippen LogP) is 4.32. The standard InChI is InChI=1S/C19H32N2O/c1-4-6-11-21(12-7-5-2)13-10-17-8-9-19-18(14-17)20-15-16(3)22-19/h8-9,14,16,20H,4-7,10-13,15H2,1-3H3. The van der Waals surface area contributed by atoms with Crippen LogP contribution in [0.3, 0.4) is 0 Å². The summed E-state index contributed by atoms with van der Waals surface area (Å²) in [4.78, 5) is 2.62. The molecule has 0 radical (unpaired) electrons. The van der Waals surface area contributed by atoms with Crippen LogP contribution >= 0.6 is 0 Å². The molecule has 1 heterocycles. The molecule has 1 aromatic carbocycles. The second-order valence-electron chi connectivity index (χ2n) is 6.44. The number of anilines is 1. The normalized spacial score (nSPS) is 17.0. The van der Waals surface area contributed by atoms with E-state index in [1.165, 1.54) is 44.3 Å². The van der Waals surface area contributed by atoms with Crippen molar-refractivity contribution in [3.8, 4) is 5.75 Å². The van der Waals surface area contributed by atoms with Gasteiger partial charge in [-0.3, -0.25) is 0 Å². The summed E-state index contributed by atoms with van der Waals surface area (Å²) in [6.45, 7) is 11.2. The highest BCUT2D eigenvalue weighted by Gasteiger charge is 2.15. The Bertz CT molecular complexity index is 439. The van der Waals surface area contributed by atoms with Gasteiger partial charge in [0.25, 0.3) is 0 Å². The zero-order chi connectivity index (χ0) is 15.8. The third-order valence-corrected chi connectivity index (χ3v) is 4.32. The molecule has 0 aliphatic carbocycles. The monoisotopic (exact) mass is 304 g/mol. The average molecular weight is 304 g/mol. The van der Waals surface area contributed by atoms with Crippen molar-refractivity contribution in [3.63, 3.8) is 0 Å². The number of fused-ring (bicyclic) bond motifs is 1. The SMILES string of the molecule is CCCCN(CCCC)CCc1ccc2c(c1)NCC(C)O2. The zero-order valence-electron chi connectivity index (χ0n) is 14.5. The molecule has 0 amide bonds. The summed E-state index contributed by atoms with van der Waals surface area (Å²) in [6, 6.07) is 6.60. The summed E-state index contributed by atoms with van der Waals surface area (Å²) in [5.74, 6) is 0.997. The number of hydrogen-bond acceptors (Lipinski definition) is 3. The van der Waals surface area contributed by atoms with E-state index in [9.17, 15) is 0 Å². The molecule has 3 nitrogen and oxygen atoms in total. The van der Waals surface area contributed by atoms with E-state index in [-0.39, 0.29) is 6.10 Å². The van der Waals surface area contributed by atoms with E-state index < -0.39 is 0 Å². The highest BCUT2D eigenvalue weighted by atomic mass is 16.5. The topological polar surface area (TPSA) is 24.5 Å². The van der Waals surface area contributed by atoms with Crippen molar-refractivity contribution in [1.82, 2.24) is 4.90 Å². The molecule has 2 rings (SSSR count). The van der Waals surface area contributed by atoms with Crippen LogP contribution in [0.4, 0.5) is 5.69 Å². The van der Waals surface area contributed by atoms with Gasteiger partial charge in [-0.1, -0.05) is 32.8 Å². The summed E-state index contributed by atoms with van der Waals surface area (Å²) in [5.41, 5.74) is 2.56. The molecule has 0 saturated heterocycles. The smallest absolute Gasteiger partial charge is 0.142 e. The third-order valence-electron chi connectivity index (χ3n) is 4.32. The van der Waals surface area contributed by atoms with E-state index in [1.54, 1.807) is 0 Å². The number of hydrogen-bond donors (Lipinski definition) is 1. The molecule has 1 aliphatic heterocycles. The highest BCUT2D eigenvalue weighted by Crippen LogP contribution is 2.30. The molecule has 22 heavy (non-hydrogen) atoms. The molecule has 3 heteroatoms. The van der Waals surface area contributed by atoms with Crippen molar-refractivity contribution in [1.29, 1.82) is 0 Å². The van der Waals surface area contributed by atoms with Gasteiger partial charge in [0.15, 0.2) is 0 Å². The molecule has 1 atom stereocenters. The van der Waals surface area contributed by atoms with E-state index in [4.69, 9.17) is 4.74 Å². The lowest BCUT2D eigenvalue weighted by Gasteiger charge is -2.26. The number of nitrogens with zero attached hydrogens (tertiary/aromatic N) is 1. The first-order valence-corrected chi connectivity index (χ1v) is 8.98. The van der Waals surface area contributed by atoms with Crippen molar-refractivity contribution in [2.24, 2.45) is 0 Å². The Morgan fingerprint density at radius 2 is 1.86 bits per heavy atom. The maximum absolute atomic E-state index is 5.85. The number of rotatable bonds is 9. The van der Waals surface area contributed by atoms with Crippen molar-refractivity contribution in [2.75, 3.05) is 31.5 Å². The first kappa shape index (κ1) is 17.1. The minimum atomic E-state index is 0.261. The molecule has 124 valence electrons. The summed E-state index contributed by atoms with van der Waals surface area (Å²) in [6.07, 6.45) is 6.55. The predicted molar refractivity (Wildman–Crippen MR) is 95.0 cm³/mol. The number of nitrogens with one attached hydrogen (secondary N) is 1. The first-order valence-electron chi connectivity index (χ1n) is 8.98. The number of benzene rings is 1. The molecular weight excluding hydrogens is 272 g/mol. The largest absolute Gasteiger partial charge is 0.487 e. The Labute approximate surface area is 136 Å². The van der Waals surface area contributed by atoms with Crippen LogP contribution in [-0.4, -0.2) is 37.2 Å².